The van der Waals surface area contributed by atoms with Crippen LogP contribution < -0.4 is 0 Å². The molecule has 1 aliphatic heterocycles. The van der Waals surface area contributed by atoms with Crippen LogP contribution in [0, 0.1) is 15.9 Å². The maximum atomic E-state index is 13.2. The first-order chi connectivity index (χ1) is 8.93. The summed E-state index contributed by atoms with van der Waals surface area (Å²) in [6.07, 6.45) is 1.39. The van der Waals surface area contributed by atoms with Gasteiger partial charge < -0.3 is 0 Å². The molecular weight excluding hydrogens is 279 g/mol. The molecule has 0 bridgehead atoms. The highest BCUT2D eigenvalue weighted by molar-refractivity contribution is 7.89. The third-order valence-corrected chi connectivity index (χ3v) is 4.32. The smallest absolute Gasteiger partial charge is 0.284 e. The van der Waals surface area contributed by atoms with Crippen LogP contribution in [0.1, 0.15) is 12.8 Å². The summed E-state index contributed by atoms with van der Waals surface area (Å²) in [7, 11) is -3.99. The Morgan fingerprint density at radius 1 is 1.37 bits per heavy atom. The van der Waals surface area contributed by atoms with E-state index < -0.39 is 26.5 Å². The maximum Gasteiger partial charge on any atom is 0.306 e. The Morgan fingerprint density at radius 3 is 2.68 bits per heavy atom. The number of nitro groups is 1. The van der Waals surface area contributed by atoms with Gasteiger partial charge in [-0.3, -0.25) is 15.0 Å². The lowest BCUT2D eigenvalue weighted by Gasteiger charge is -2.25. The molecule has 7 nitrogen and oxygen atoms in total. The Kier molecular flexibility index (Phi) is 3.78. The van der Waals surface area contributed by atoms with E-state index in [0.717, 1.165) is 23.0 Å². The molecule has 2 rings (SSSR count). The highest BCUT2D eigenvalue weighted by Crippen LogP contribution is 2.25. The number of hydrogen-bond donors (Lipinski definition) is 0. The molecule has 1 aromatic carbocycles. The number of sulfonamides is 1. The SMILES string of the molecule is O=[N+]([O-])c1cc(S(=O)(=O)N2CCCCO2)ccc1F. The first-order valence-electron chi connectivity index (χ1n) is 5.52. The van der Waals surface area contributed by atoms with Gasteiger partial charge in [-0.05, 0) is 25.0 Å². The molecule has 0 N–H and O–H groups in total. The Labute approximate surface area is 108 Å². The molecular formula is C10H11FN2O5S. The van der Waals surface area contributed by atoms with Gasteiger partial charge in [-0.1, -0.05) is 4.47 Å². The van der Waals surface area contributed by atoms with Crippen molar-refractivity contribution < 1.29 is 22.6 Å². The summed E-state index contributed by atoms with van der Waals surface area (Å²) in [5.74, 6) is -1.08. The van der Waals surface area contributed by atoms with Crippen molar-refractivity contribution in [1.82, 2.24) is 4.47 Å². The lowest BCUT2D eigenvalue weighted by molar-refractivity contribution is -0.387. The second-order valence-corrected chi connectivity index (χ2v) is 5.77. The topological polar surface area (TPSA) is 89.8 Å². The Balaban J connectivity index is 2.40. The number of rotatable bonds is 3. The summed E-state index contributed by atoms with van der Waals surface area (Å²) in [6, 6.07) is 2.44. The van der Waals surface area contributed by atoms with Crippen LogP contribution in [0.25, 0.3) is 0 Å². The van der Waals surface area contributed by atoms with Crippen molar-refractivity contribution in [2.75, 3.05) is 13.2 Å². The summed E-state index contributed by atoms with van der Waals surface area (Å²) in [5, 5.41) is 10.6. The van der Waals surface area contributed by atoms with Crippen LogP contribution in [-0.4, -0.2) is 31.0 Å². The predicted octanol–water partition coefficient (Wildman–Crippen LogP) is 1.45. The molecule has 0 saturated carbocycles. The molecule has 0 aliphatic carbocycles. The minimum Gasteiger partial charge on any atom is -0.284 e. The number of hydroxylamine groups is 1. The second kappa shape index (κ2) is 5.19. The standard InChI is InChI=1S/C10H11FN2O5S/c11-9-4-3-8(7-10(9)13(14)15)19(16,17)12-5-1-2-6-18-12/h3-4,7H,1-2,5-6H2. The fraction of sp³-hybridized carbons (Fsp3) is 0.400. The van der Waals surface area contributed by atoms with Gasteiger partial charge in [0.05, 0.1) is 16.4 Å². The van der Waals surface area contributed by atoms with Crippen LogP contribution >= 0.6 is 0 Å². The molecule has 9 heteroatoms. The van der Waals surface area contributed by atoms with E-state index >= 15 is 0 Å². The molecule has 19 heavy (non-hydrogen) atoms. The van der Waals surface area contributed by atoms with E-state index in [1.807, 2.05) is 0 Å². The minimum atomic E-state index is -3.99. The molecule has 0 unspecified atom stereocenters. The zero-order valence-electron chi connectivity index (χ0n) is 9.78. The van der Waals surface area contributed by atoms with E-state index in [-0.39, 0.29) is 18.0 Å². The van der Waals surface area contributed by atoms with Crippen molar-refractivity contribution in [3.8, 4) is 0 Å². The van der Waals surface area contributed by atoms with E-state index in [4.69, 9.17) is 4.84 Å². The average Bonchev–Trinajstić information content (AvgIpc) is 2.39. The Bertz CT molecular complexity index is 598. The van der Waals surface area contributed by atoms with Crippen molar-refractivity contribution >= 4 is 15.7 Å². The van der Waals surface area contributed by atoms with Gasteiger partial charge in [0.25, 0.3) is 10.0 Å². The van der Waals surface area contributed by atoms with Crippen molar-refractivity contribution in [3.63, 3.8) is 0 Å². The first-order valence-corrected chi connectivity index (χ1v) is 6.96. The number of benzene rings is 1. The van der Waals surface area contributed by atoms with Crippen molar-refractivity contribution in [3.05, 3.63) is 34.1 Å². The van der Waals surface area contributed by atoms with Gasteiger partial charge in [-0.2, -0.15) is 4.39 Å². The second-order valence-electron chi connectivity index (χ2n) is 3.94. The minimum absolute atomic E-state index is 0.174. The van der Waals surface area contributed by atoms with Gasteiger partial charge in [-0.15, -0.1) is 0 Å². The fourth-order valence-electron chi connectivity index (χ4n) is 1.67. The molecule has 1 saturated heterocycles. The van der Waals surface area contributed by atoms with Crippen LogP contribution in [0.2, 0.25) is 0 Å². The van der Waals surface area contributed by atoms with E-state index in [2.05, 4.69) is 0 Å². The third-order valence-electron chi connectivity index (χ3n) is 2.65. The van der Waals surface area contributed by atoms with Gasteiger partial charge >= 0.3 is 5.69 Å². The van der Waals surface area contributed by atoms with Gasteiger partial charge in [0, 0.05) is 12.6 Å². The predicted molar refractivity (Wildman–Crippen MR) is 62.1 cm³/mol. The van der Waals surface area contributed by atoms with Crippen LogP contribution in [0.4, 0.5) is 10.1 Å². The Hall–Kier alpha value is -1.58. The molecule has 104 valence electrons. The van der Waals surface area contributed by atoms with E-state index in [1.165, 1.54) is 0 Å². The van der Waals surface area contributed by atoms with E-state index in [0.29, 0.717) is 12.5 Å². The molecule has 0 aromatic heterocycles. The van der Waals surface area contributed by atoms with Gasteiger partial charge in [0.1, 0.15) is 0 Å². The largest absolute Gasteiger partial charge is 0.306 e. The average molecular weight is 290 g/mol. The number of hydrogen-bond acceptors (Lipinski definition) is 5. The lowest BCUT2D eigenvalue weighted by Crippen LogP contribution is -2.35. The molecule has 0 radical (unpaired) electrons. The molecule has 0 amide bonds. The Morgan fingerprint density at radius 2 is 2.11 bits per heavy atom. The summed E-state index contributed by atoms with van der Waals surface area (Å²) < 4.78 is 38.2. The highest BCUT2D eigenvalue weighted by atomic mass is 32.2. The monoisotopic (exact) mass is 290 g/mol. The number of halogens is 1. The van der Waals surface area contributed by atoms with Gasteiger partial charge in [0.15, 0.2) is 0 Å². The van der Waals surface area contributed by atoms with Crippen LogP contribution in [0.5, 0.6) is 0 Å². The third kappa shape index (κ3) is 2.72. The van der Waals surface area contributed by atoms with E-state index in [9.17, 15) is 22.9 Å². The van der Waals surface area contributed by atoms with E-state index in [1.54, 1.807) is 0 Å². The number of nitro benzene ring substituents is 1. The van der Waals surface area contributed by atoms with Crippen molar-refractivity contribution in [2.45, 2.75) is 17.7 Å². The summed E-state index contributed by atoms with van der Waals surface area (Å²) in [4.78, 5) is 14.3. The first kappa shape index (κ1) is 13.8. The fourth-order valence-corrected chi connectivity index (χ4v) is 2.99. The van der Waals surface area contributed by atoms with Gasteiger partial charge in [0.2, 0.25) is 5.82 Å². The summed E-state index contributed by atoms with van der Waals surface area (Å²) in [6.45, 7) is 0.441. The molecule has 1 aromatic rings. The zero-order valence-corrected chi connectivity index (χ0v) is 10.6. The molecule has 0 spiro atoms. The summed E-state index contributed by atoms with van der Waals surface area (Å²) in [5.41, 5.74) is -0.877. The molecule has 1 fully saturated rings. The summed E-state index contributed by atoms with van der Waals surface area (Å²) >= 11 is 0. The van der Waals surface area contributed by atoms with Crippen molar-refractivity contribution in [1.29, 1.82) is 0 Å². The molecule has 1 heterocycles. The normalized spacial score (nSPS) is 17.3. The van der Waals surface area contributed by atoms with Gasteiger partial charge in [-0.25, -0.2) is 8.42 Å². The van der Waals surface area contributed by atoms with Crippen LogP contribution in [0.3, 0.4) is 0 Å². The lowest BCUT2D eigenvalue weighted by atomic mass is 10.3. The quantitative estimate of drug-likeness (QED) is 0.621. The molecule has 0 atom stereocenters. The van der Waals surface area contributed by atoms with Crippen LogP contribution in [0.15, 0.2) is 23.1 Å². The maximum absolute atomic E-state index is 13.2. The van der Waals surface area contributed by atoms with Crippen molar-refractivity contribution in [2.24, 2.45) is 0 Å². The zero-order chi connectivity index (χ0) is 14.0. The highest BCUT2D eigenvalue weighted by Gasteiger charge is 2.29. The van der Waals surface area contributed by atoms with Crippen LogP contribution in [-0.2, 0) is 14.9 Å². The number of nitrogens with zero attached hydrogens (tertiary/aromatic N) is 2. The molecule has 1 aliphatic rings.